The Morgan fingerprint density at radius 3 is 1.84 bits per heavy atom. The lowest BCUT2D eigenvalue weighted by Gasteiger charge is -2.48. The van der Waals surface area contributed by atoms with Crippen LogP contribution < -0.4 is 10.6 Å². The molecule has 3 fully saturated rings. The molecule has 4 aromatic rings. The number of carbonyl (C=O) groups is 5. The second-order valence-electron chi connectivity index (χ2n) is 15.7. The number of β-lactam (4-membered cyclic amide) rings is 1. The normalized spacial score (nSPS) is 23.4. The molecule has 3 N–H and O–H groups in total. The van der Waals surface area contributed by atoms with Crippen molar-refractivity contribution in [2.24, 2.45) is 0 Å². The van der Waals surface area contributed by atoms with Crippen LogP contribution >= 0.6 is 46.7 Å². The fourth-order valence-corrected chi connectivity index (χ4v) is 11.5. The average molecular weight is 856 g/mol. The first-order valence-corrected chi connectivity index (χ1v) is 20.5. The van der Waals surface area contributed by atoms with Gasteiger partial charge in [0.15, 0.2) is 6.04 Å². The second kappa shape index (κ2) is 14.4. The van der Waals surface area contributed by atoms with E-state index in [1.807, 2.05) is 41.5 Å². The number of carboxylic acids is 1. The number of aromatic nitrogens is 2. The van der Waals surface area contributed by atoms with Gasteiger partial charge in [-0.1, -0.05) is 69.9 Å². The number of amides is 4. The summed E-state index contributed by atoms with van der Waals surface area (Å²) in [6.45, 7) is 14.3. The smallest absolute Gasteiger partial charge is 0.329 e. The third-order valence-electron chi connectivity index (χ3n) is 11.2. The number of hydrogen-bond donors (Lipinski definition) is 3. The fourth-order valence-electron chi connectivity index (χ4n) is 7.64. The van der Waals surface area contributed by atoms with E-state index in [1.165, 1.54) is 40.2 Å². The third-order valence-corrected chi connectivity index (χ3v) is 15.3. The Labute approximate surface area is 346 Å². The number of fused-ring (bicyclic) bond motifs is 1. The Bertz CT molecular complexity index is 2340. The Morgan fingerprint density at radius 1 is 0.825 bits per heavy atom. The summed E-state index contributed by atoms with van der Waals surface area (Å²) in [6.07, 6.45) is 0. The molecule has 2 unspecified atom stereocenters. The summed E-state index contributed by atoms with van der Waals surface area (Å²) in [4.78, 5) is 73.1. The molecular weight excluding hydrogens is 816 g/mol. The highest BCUT2D eigenvalue weighted by atomic mass is 35.5. The zero-order valence-corrected chi connectivity index (χ0v) is 35.3. The van der Waals surface area contributed by atoms with Crippen LogP contribution in [0.5, 0.6) is 0 Å². The van der Waals surface area contributed by atoms with Crippen LogP contribution in [-0.4, -0.2) is 98.7 Å². The number of nitrogens with zero attached hydrogens (tertiary/aromatic N) is 4. The summed E-state index contributed by atoms with van der Waals surface area (Å²) in [6, 6.07) is 9.99. The molecule has 5 heterocycles. The second-order valence-corrected chi connectivity index (χ2v) is 20.0. The summed E-state index contributed by atoms with van der Waals surface area (Å²) < 4.78 is 9.15. The number of benzene rings is 2. The molecule has 0 aliphatic carbocycles. The lowest BCUT2D eigenvalue weighted by Crippen LogP contribution is -2.73. The highest BCUT2D eigenvalue weighted by Gasteiger charge is 2.68. The molecule has 2 aromatic carbocycles. The standard InChI is InChI=1S/C39H40Cl2N6O8S2/c1-17-23(25(44-54-17)19-13-9-11-15-21(19)40)30(48)42-27-32(50)46-29(37(3,4)56-34(27)46)33(51)47-35(57-39(7,8)38(47,5)6)28(36(52)53)43-31(49)24-18(2)55-45-26(24)20-14-10-12-16-22(20)41/h9-16,27-29,34-35H,1-8H3,(H,42,48)(H,43,49)(H,52,53)/t27-,28?,29+,34-,35?/m1/s1. The lowest BCUT2D eigenvalue weighted by molar-refractivity contribution is -0.160. The Balaban J connectivity index is 1.16. The SMILES string of the molecule is Cc1onc(-c2ccccc2Cl)c1C(=O)NC(C(=O)O)C1SC(C)(C)C(C)(C)N1C(=O)[C@@H]1N2C(=O)[C@@H](NC(=O)c3c(-c4ccccc4Cl)noc3C)[C@H]2SC1(C)C. The number of rotatable bonds is 9. The first-order chi connectivity index (χ1) is 26.7. The van der Waals surface area contributed by atoms with Gasteiger partial charge in [-0.2, -0.15) is 0 Å². The van der Waals surface area contributed by atoms with Crippen LogP contribution in [-0.2, 0) is 14.4 Å². The van der Waals surface area contributed by atoms with Gasteiger partial charge in [-0.3, -0.25) is 19.2 Å². The maximum atomic E-state index is 15.1. The van der Waals surface area contributed by atoms with Gasteiger partial charge in [0.2, 0.25) is 11.8 Å². The van der Waals surface area contributed by atoms with Crippen molar-refractivity contribution in [3.05, 3.63) is 81.2 Å². The number of hydrogen-bond acceptors (Lipinski definition) is 11. The molecule has 0 radical (unpaired) electrons. The van der Waals surface area contributed by atoms with Crippen molar-refractivity contribution in [3.8, 4) is 22.5 Å². The predicted molar refractivity (Wildman–Crippen MR) is 216 cm³/mol. The molecule has 57 heavy (non-hydrogen) atoms. The number of aliphatic carboxylic acids is 1. The molecule has 2 aromatic heterocycles. The zero-order valence-electron chi connectivity index (χ0n) is 32.2. The van der Waals surface area contributed by atoms with Crippen LogP contribution in [0.25, 0.3) is 22.5 Å². The van der Waals surface area contributed by atoms with Crippen LogP contribution in [0.3, 0.4) is 0 Å². The van der Waals surface area contributed by atoms with Crippen LogP contribution in [0, 0.1) is 13.8 Å². The molecule has 7 rings (SSSR count). The molecule has 3 saturated heterocycles. The summed E-state index contributed by atoms with van der Waals surface area (Å²) in [7, 11) is 0. The van der Waals surface area contributed by atoms with Gasteiger partial charge in [0.1, 0.15) is 56.9 Å². The minimum Gasteiger partial charge on any atom is -0.480 e. The Morgan fingerprint density at radius 2 is 1.33 bits per heavy atom. The molecule has 0 saturated carbocycles. The van der Waals surface area contributed by atoms with Crippen molar-refractivity contribution >= 4 is 76.3 Å². The van der Waals surface area contributed by atoms with E-state index in [1.54, 1.807) is 55.5 Å². The quantitative estimate of drug-likeness (QED) is 0.157. The monoisotopic (exact) mass is 854 g/mol. The summed E-state index contributed by atoms with van der Waals surface area (Å²) in [5.74, 6) is -3.32. The molecular formula is C39H40Cl2N6O8S2. The molecule has 3 aliphatic rings. The predicted octanol–water partition coefficient (Wildman–Crippen LogP) is 6.42. The Hall–Kier alpha value is -4.51. The summed E-state index contributed by atoms with van der Waals surface area (Å²) in [5, 5.41) is 23.3. The van der Waals surface area contributed by atoms with Crippen LogP contribution in [0.15, 0.2) is 57.6 Å². The zero-order chi connectivity index (χ0) is 41.5. The van der Waals surface area contributed by atoms with Crippen molar-refractivity contribution in [2.75, 3.05) is 0 Å². The van der Waals surface area contributed by atoms with E-state index in [9.17, 15) is 24.3 Å². The lowest BCUT2D eigenvalue weighted by atomic mass is 9.85. The number of nitrogens with one attached hydrogen (secondary N) is 2. The van der Waals surface area contributed by atoms with Crippen molar-refractivity contribution in [1.29, 1.82) is 0 Å². The van der Waals surface area contributed by atoms with Gasteiger partial charge in [-0.15, -0.1) is 23.5 Å². The number of aryl methyl sites for hydroxylation is 2. The van der Waals surface area contributed by atoms with Gasteiger partial charge in [0.25, 0.3) is 11.8 Å². The van der Waals surface area contributed by atoms with E-state index in [0.29, 0.717) is 21.2 Å². The van der Waals surface area contributed by atoms with Gasteiger partial charge in [-0.25, -0.2) is 4.79 Å². The summed E-state index contributed by atoms with van der Waals surface area (Å²) in [5.41, 5.74) is 0.436. The molecule has 300 valence electrons. The molecule has 14 nitrogen and oxygen atoms in total. The topological polar surface area (TPSA) is 188 Å². The molecule has 0 spiro atoms. The molecule has 4 amide bonds. The van der Waals surface area contributed by atoms with E-state index < -0.39 is 73.5 Å². The first-order valence-electron chi connectivity index (χ1n) is 18.0. The van der Waals surface area contributed by atoms with Gasteiger partial charge >= 0.3 is 5.97 Å². The fraction of sp³-hybridized carbons (Fsp3) is 0.410. The van der Waals surface area contributed by atoms with Crippen molar-refractivity contribution in [3.63, 3.8) is 0 Å². The van der Waals surface area contributed by atoms with Crippen LogP contribution in [0.4, 0.5) is 0 Å². The maximum absolute atomic E-state index is 15.1. The van der Waals surface area contributed by atoms with E-state index in [2.05, 4.69) is 20.9 Å². The first kappa shape index (κ1) is 40.7. The van der Waals surface area contributed by atoms with Crippen LogP contribution in [0.1, 0.15) is 73.8 Å². The van der Waals surface area contributed by atoms with E-state index in [-0.39, 0.29) is 34.0 Å². The van der Waals surface area contributed by atoms with Gasteiger partial charge in [0.05, 0.1) is 15.6 Å². The highest BCUT2D eigenvalue weighted by Crippen LogP contribution is 2.56. The number of carbonyl (C=O) groups excluding carboxylic acids is 4. The van der Waals surface area contributed by atoms with Crippen LogP contribution in [0.2, 0.25) is 10.0 Å². The molecule has 18 heteroatoms. The van der Waals surface area contributed by atoms with Crippen molar-refractivity contribution in [2.45, 2.75) is 99.3 Å². The average Bonchev–Trinajstić information content (AvgIpc) is 3.83. The maximum Gasteiger partial charge on any atom is 0.329 e. The molecule has 3 aliphatic heterocycles. The number of halogens is 2. The van der Waals surface area contributed by atoms with E-state index in [4.69, 9.17) is 32.2 Å². The van der Waals surface area contributed by atoms with Gasteiger partial charge in [0, 0.05) is 20.6 Å². The Kier molecular flexibility index (Phi) is 10.3. The van der Waals surface area contributed by atoms with Crippen molar-refractivity contribution in [1.82, 2.24) is 30.7 Å². The number of carboxylic acid groups (broad SMARTS) is 1. The minimum atomic E-state index is -1.60. The van der Waals surface area contributed by atoms with Gasteiger partial charge < -0.3 is 34.6 Å². The molecule has 5 atom stereocenters. The van der Waals surface area contributed by atoms with Crippen molar-refractivity contribution < 1.29 is 38.1 Å². The van der Waals surface area contributed by atoms with Gasteiger partial charge in [-0.05, 0) is 67.5 Å². The van der Waals surface area contributed by atoms with E-state index >= 15 is 4.79 Å². The molecule has 0 bridgehead atoms. The van der Waals surface area contributed by atoms with E-state index in [0.717, 1.165) is 0 Å². The minimum absolute atomic E-state index is 0.00422. The third kappa shape index (κ3) is 6.58. The highest BCUT2D eigenvalue weighted by molar-refractivity contribution is 8.02. The largest absolute Gasteiger partial charge is 0.480 e. The summed E-state index contributed by atoms with van der Waals surface area (Å²) >= 11 is 15.4. The number of thioether (sulfide) groups is 2.